The minimum Gasteiger partial charge on any atom is -0.478 e. The van der Waals surface area contributed by atoms with E-state index < -0.39 is 5.97 Å². The molecule has 0 aliphatic rings. The predicted octanol–water partition coefficient (Wildman–Crippen LogP) is 3.10. The molecule has 1 aromatic carbocycles. The van der Waals surface area contributed by atoms with Crippen molar-refractivity contribution in [3.05, 3.63) is 57.8 Å². The molecular formula is C14H11BrN2O3. The van der Waals surface area contributed by atoms with Crippen LogP contribution in [0.3, 0.4) is 0 Å². The second-order valence-electron chi connectivity index (χ2n) is 4.13. The lowest BCUT2D eigenvalue weighted by atomic mass is 10.1. The van der Waals surface area contributed by atoms with Gasteiger partial charge >= 0.3 is 5.97 Å². The fourth-order valence-electron chi connectivity index (χ4n) is 1.68. The number of aromatic carboxylic acids is 1. The van der Waals surface area contributed by atoms with E-state index in [2.05, 4.69) is 26.2 Å². The Bertz CT molecular complexity index is 686. The van der Waals surface area contributed by atoms with Crippen LogP contribution in [-0.2, 0) is 0 Å². The topological polar surface area (TPSA) is 79.3 Å². The maximum Gasteiger partial charge on any atom is 0.337 e. The van der Waals surface area contributed by atoms with Gasteiger partial charge in [-0.1, -0.05) is 22.0 Å². The molecule has 2 aromatic rings. The summed E-state index contributed by atoms with van der Waals surface area (Å²) in [6.45, 7) is 1.82. The minimum atomic E-state index is -1.09. The van der Waals surface area contributed by atoms with Gasteiger partial charge in [-0.15, -0.1) is 0 Å². The molecule has 2 N–H and O–H groups in total. The van der Waals surface area contributed by atoms with Crippen LogP contribution in [0, 0.1) is 6.92 Å². The van der Waals surface area contributed by atoms with Gasteiger partial charge in [0.25, 0.3) is 5.91 Å². The number of carbonyl (C=O) groups excluding carboxylic acids is 1. The third-order valence-electron chi connectivity index (χ3n) is 2.76. The molecule has 0 fully saturated rings. The molecule has 20 heavy (non-hydrogen) atoms. The number of aromatic nitrogens is 1. The van der Waals surface area contributed by atoms with Gasteiger partial charge in [-0.3, -0.25) is 9.78 Å². The van der Waals surface area contributed by atoms with Crippen molar-refractivity contribution < 1.29 is 14.7 Å². The summed E-state index contributed by atoms with van der Waals surface area (Å²) in [7, 11) is 0. The van der Waals surface area contributed by atoms with Crippen LogP contribution in [-0.4, -0.2) is 22.0 Å². The largest absolute Gasteiger partial charge is 0.478 e. The molecule has 6 heteroatoms. The number of benzene rings is 1. The van der Waals surface area contributed by atoms with Crippen LogP contribution >= 0.6 is 15.9 Å². The highest BCUT2D eigenvalue weighted by Crippen LogP contribution is 2.20. The lowest BCUT2D eigenvalue weighted by molar-refractivity contribution is 0.0696. The van der Waals surface area contributed by atoms with E-state index in [1.807, 2.05) is 13.0 Å². The number of anilines is 1. The summed E-state index contributed by atoms with van der Waals surface area (Å²) in [5, 5.41) is 11.5. The molecule has 1 amide bonds. The van der Waals surface area contributed by atoms with Crippen molar-refractivity contribution in [3.63, 3.8) is 0 Å². The Balaban J connectivity index is 2.26. The summed E-state index contributed by atoms with van der Waals surface area (Å²) in [6.07, 6.45) is 2.63. The lowest BCUT2D eigenvalue weighted by Crippen LogP contribution is -2.14. The smallest absolute Gasteiger partial charge is 0.337 e. The van der Waals surface area contributed by atoms with E-state index >= 15 is 0 Å². The summed E-state index contributed by atoms with van der Waals surface area (Å²) in [4.78, 5) is 26.8. The molecule has 2 rings (SSSR count). The molecule has 0 saturated heterocycles. The Morgan fingerprint density at radius 3 is 2.75 bits per heavy atom. The average molecular weight is 335 g/mol. The summed E-state index contributed by atoms with van der Waals surface area (Å²) < 4.78 is 0.836. The Kier molecular flexibility index (Phi) is 4.14. The Morgan fingerprint density at radius 1 is 1.30 bits per heavy atom. The third kappa shape index (κ3) is 3.03. The van der Waals surface area contributed by atoms with Crippen LogP contribution in [0.5, 0.6) is 0 Å². The zero-order valence-corrected chi connectivity index (χ0v) is 12.1. The quantitative estimate of drug-likeness (QED) is 0.903. The molecule has 0 radical (unpaired) electrons. The second kappa shape index (κ2) is 5.83. The molecule has 0 unspecified atom stereocenters. The normalized spacial score (nSPS) is 10.1. The zero-order valence-electron chi connectivity index (χ0n) is 10.6. The summed E-state index contributed by atoms with van der Waals surface area (Å²) in [6, 6.07) is 6.67. The zero-order chi connectivity index (χ0) is 14.7. The SMILES string of the molecule is Cc1c(Br)cccc1C(=O)Nc1cncc(C(=O)O)c1. The van der Waals surface area contributed by atoms with Crippen molar-refractivity contribution in [2.75, 3.05) is 5.32 Å². The van der Waals surface area contributed by atoms with Gasteiger partial charge in [0.1, 0.15) is 0 Å². The fraction of sp³-hybridized carbons (Fsp3) is 0.0714. The predicted molar refractivity (Wildman–Crippen MR) is 78.0 cm³/mol. The van der Waals surface area contributed by atoms with Crippen molar-refractivity contribution in [3.8, 4) is 0 Å². The number of nitrogens with zero attached hydrogens (tertiary/aromatic N) is 1. The molecule has 0 bridgehead atoms. The van der Waals surface area contributed by atoms with Gasteiger partial charge in [0.2, 0.25) is 0 Å². The number of amides is 1. The van der Waals surface area contributed by atoms with Gasteiger partial charge in [-0.2, -0.15) is 0 Å². The van der Waals surface area contributed by atoms with Crippen LogP contribution in [0.4, 0.5) is 5.69 Å². The van der Waals surface area contributed by atoms with Gasteiger partial charge in [-0.25, -0.2) is 4.79 Å². The van der Waals surface area contributed by atoms with Gasteiger partial charge < -0.3 is 10.4 Å². The molecule has 1 aromatic heterocycles. The van der Waals surface area contributed by atoms with Crippen LogP contribution in [0.15, 0.2) is 41.1 Å². The molecule has 1 heterocycles. The molecular weight excluding hydrogens is 324 g/mol. The molecule has 0 aliphatic heterocycles. The molecule has 0 saturated carbocycles. The monoisotopic (exact) mass is 334 g/mol. The van der Waals surface area contributed by atoms with Gasteiger partial charge in [-0.05, 0) is 30.7 Å². The first-order valence-corrected chi connectivity index (χ1v) is 6.53. The number of hydrogen-bond acceptors (Lipinski definition) is 3. The maximum absolute atomic E-state index is 12.2. The van der Waals surface area contributed by atoms with Crippen molar-refractivity contribution >= 4 is 33.5 Å². The lowest BCUT2D eigenvalue weighted by Gasteiger charge is -2.09. The summed E-state index contributed by atoms with van der Waals surface area (Å²) >= 11 is 3.36. The van der Waals surface area contributed by atoms with Crippen molar-refractivity contribution in [1.82, 2.24) is 4.98 Å². The molecule has 0 spiro atoms. The number of pyridine rings is 1. The standard InChI is InChI=1S/C14H11BrN2O3/c1-8-11(3-2-4-12(8)15)13(18)17-10-5-9(14(19)20)6-16-7-10/h2-7H,1H3,(H,17,18)(H,19,20). The van der Waals surface area contributed by atoms with Crippen molar-refractivity contribution in [2.45, 2.75) is 6.92 Å². The Labute approximate surface area is 123 Å². The van der Waals surface area contributed by atoms with Gasteiger partial charge in [0, 0.05) is 16.2 Å². The number of rotatable bonds is 3. The highest BCUT2D eigenvalue weighted by atomic mass is 79.9. The number of carboxylic acids is 1. The first-order chi connectivity index (χ1) is 9.49. The Morgan fingerprint density at radius 2 is 2.05 bits per heavy atom. The van der Waals surface area contributed by atoms with E-state index in [1.54, 1.807) is 12.1 Å². The third-order valence-corrected chi connectivity index (χ3v) is 3.61. The van der Waals surface area contributed by atoms with E-state index in [4.69, 9.17) is 5.11 Å². The van der Waals surface area contributed by atoms with E-state index in [0.29, 0.717) is 11.3 Å². The van der Waals surface area contributed by atoms with Gasteiger partial charge in [0.05, 0.1) is 17.4 Å². The average Bonchev–Trinajstić information content (AvgIpc) is 2.42. The van der Waals surface area contributed by atoms with Crippen LogP contribution in [0.2, 0.25) is 0 Å². The van der Waals surface area contributed by atoms with E-state index in [0.717, 1.165) is 10.0 Å². The fourth-order valence-corrected chi connectivity index (χ4v) is 2.04. The first kappa shape index (κ1) is 14.2. The molecule has 5 nitrogen and oxygen atoms in total. The summed E-state index contributed by atoms with van der Waals surface area (Å²) in [5.41, 5.74) is 1.69. The van der Waals surface area contributed by atoms with E-state index in [1.165, 1.54) is 18.5 Å². The van der Waals surface area contributed by atoms with Crippen LogP contribution in [0.1, 0.15) is 26.3 Å². The van der Waals surface area contributed by atoms with Gasteiger partial charge in [0.15, 0.2) is 0 Å². The summed E-state index contributed by atoms with van der Waals surface area (Å²) in [5.74, 6) is -1.40. The molecule has 0 atom stereocenters. The second-order valence-corrected chi connectivity index (χ2v) is 4.99. The van der Waals surface area contributed by atoms with Crippen molar-refractivity contribution in [2.24, 2.45) is 0 Å². The van der Waals surface area contributed by atoms with E-state index in [9.17, 15) is 9.59 Å². The molecule has 102 valence electrons. The number of halogens is 1. The number of carboxylic acid groups (broad SMARTS) is 1. The highest BCUT2D eigenvalue weighted by molar-refractivity contribution is 9.10. The maximum atomic E-state index is 12.2. The van der Waals surface area contributed by atoms with E-state index in [-0.39, 0.29) is 11.5 Å². The minimum absolute atomic E-state index is 0.0220. The number of hydrogen-bond donors (Lipinski definition) is 2. The van der Waals surface area contributed by atoms with Crippen LogP contribution < -0.4 is 5.32 Å². The molecule has 0 aliphatic carbocycles. The number of nitrogens with one attached hydrogen (secondary N) is 1. The Hall–Kier alpha value is -2.21. The highest BCUT2D eigenvalue weighted by Gasteiger charge is 2.12. The first-order valence-electron chi connectivity index (χ1n) is 5.74. The van der Waals surface area contributed by atoms with Crippen molar-refractivity contribution in [1.29, 1.82) is 0 Å². The number of carbonyl (C=O) groups is 2. The van der Waals surface area contributed by atoms with Crippen LogP contribution in [0.25, 0.3) is 0 Å².